The van der Waals surface area contributed by atoms with Crippen molar-refractivity contribution in [2.24, 2.45) is 5.92 Å². The lowest BCUT2D eigenvalue weighted by Gasteiger charge is -2.04. The zero-order valence-electron chi connectivity index (χ0n) is 8.54. The van der Waals surface area contributed by atoms with Crippen molar-refractivity contribution < 1.29 is 14.3 Å². The number of unbranched alkanes of at least 4 members (excludes halogenated alkanes) is 3. The van der Waals surface area contributed by atoms with E-state index in [1.165, 1.54) is 6.42 Å². The van der Waals surface area contributed by atoms with Crippen LogP contribution < -0.4 is 0 Å². The normalized spacial score (nSPS) is 21.5. The van der Waals surface area contributed by atoms with Crippen LogP contribution in [0, 0.1) is 5.92 Å². The lowest BCUT2D eigenvalue weighted by molar-refractivity contribution is -0.152. The molecule has 0 N–H and O–H groups in total. The van der Waals surface area contributed by atoms with E-state index in [1.54, 1.807) is 0 Å². The Kier molecular flexibility index (Phi) is 3.86. The van der Waals surface area contributed by atoms with E-state index in [-0.39, 0.29) is 5.92 Å². The van der Waals surface area contributed by atoms with Crippen molar-refractivity contribution in [1.29, 1.82) is 0 Å². The Morgan fingerprint density at radius 1 is 1.29 bits per heavy atom. The Balaban J connectivity index is 2.33. The van der Waals surface area contributed by atoms with E-state index in [4.69, 9.17) is 0 Å². The third-order valence-corrected chi connectivity index (χ3v) is 2.51. The van der Waals surface area contributed by atoms with Crippen molar-refractivity contribution in [1.82, 2.24) is 0 Å². The average molecular weight is 196 g/mol. The minimum Gasteiger partial charge on any atom is -0.389 e. The Morgan fingerprint density at radius 2 is 2.00 bits per heavy atom. The number of carbonyl (C=O) groups is 2. The third kappa shape index (κ3) is 2.44. The largest absolute Gasteiger partial charge is 0.389 e. The van der Waals surface area contributed by atoms with Crippen LogP contribution in [0.5, 0.6) is 0 Å². The zero-order chi connectivity index (χ0) is 10.6. The van der Waals surface area contributed by atoms with Crippen LogP contribution in [0.1, 0.15) is 39.0 Å². The molecule has 1 heterocycles. The number of hydrogen-bond acceptors (Lipinski definition) is 3. The molecule has 0 aromatic carbocycles. The SMILES string of the molecule is C=C1C(=O)OC(=O)[C@H]1CCCCCC. The molecule has 0 radical (unpaired) electrons. The van der Waals surface area contributed by atoms with Gasteiger partial charge in [0.05, 0.1) is 5.92 Å². The minimum absolute atomic E-state index is 0.325. The van der Waals surface area contributed by atoms with Gasteiger partial charge in [-0.1, -0.05) is 39.2 Å². The van der Waals surface area contributed by atoms with E-state index in [1.807, 2.05) is 0 Å². The van der Waals surface area contributed by atoms with Crippen molar-refractivity contribution in [3.05, 3.63) is 12.2 Å². The number of carbonyl (C=O) groups excluding carboxylic acids is 2. The quantitative estimate of drug-likeness (QED) is 0.293. The Bertz CT molecular complexity index is 255. The lowest BCUT2D eigenvalue weighted by Crippen LogP contribution is -2.08. The minimum atomic E-state index is -0.546. The van der Waals surface area contributed by atoms with Crippen molar-refractivity contribution >= 4 is 11.9 Å². The summed E-state index contributed by atoms with van der Waals surface area (Å²) in [5, 5.41) is 0. The fraction of sp³-hybridized carbons (Fsp3) is 0.636. The highest BCUT2D eigenvalue weighted by Crippen LogP contribution is 2.26. The molecule has 0 aromatic rings. The maximum atomic E-state index is 11.2. The summed E-state index contributed by atoms with van der Waals surface area (Å²) >= 11 is 0. The van der Waals surface area contributed by atoms with Gasteiger partial charge < -0.3 is 4.74 Å². The van der Waals surface area contributed by atoms with Crippen LogP contribution >= 0.6 is 0 Å². The van der Waals surface area contributed by atoms with Crippen LogP contribution in [-0.2, 0) is 14.3 Å². The van der Waals surface area contributed by atoms with Crippen LogP contribution in [0.4, 0.5) is 0 Å². The van der Waals surface area contributed by atoms with E-state index in [0.29, 0.717) is 12.0 Å². The summed E-state index contributed by atoms with van der Waals surface area (Å²) in [5.41, 5.74) is 0.325. The van der Waals surface area contributed by atoms with Crippen LogP contribution in [-0.4, -0.2) is 11.9 Å². The summed E-state index contributed by atoms with van der Waals surface area (Å²) < 4.78 is 4.47. The van der Waals surface area contributed by atoms with Gasteiger partial charge >= 0.3 is 11.9 Å². The molecule has 1 atom stereocenters. The first-order valence-corrected chi connectivity index (χ1v) is 5.11. The summed E-state index contributed by atoms with van der Waals surface area (Å²) in [6.45, 7) is 5.70. The second kappa shape index (κ2) is 4.94. The van der Waals surface area contributed by atoms with E-state index in [2.05, 4.69) is 18.2 Å². The van der Waals surface area contributed by atoms with E-state index >= 15 is 0 Å². The number of ether oxygens (including phenoxy) is 1. The second-order valence-corrected chi connectivity index (χ2v) is 3.64. The van der Waals surface area contributed by atoms with Gasteiger partial charge in [0, 0.05) is 5.57 Å². The standard InChI is InChI=1S/C11H16O3/c1-3-4-5-6-7-9-8(2)10(12)14-11(9)13/h9H,2-7H2,1H3/t9-/m0/s1. The molecule has 3 heteroatoms. The van der Waals surface area contributed by atoms with Gasteiger partial charge in [-0.05, 0) is 6.42 Å². The predicted molar refractivity (Wildman–Crippen MR) is 52.5 cm³/mol. The first kappa shape index (κ1) is 11.0. The molecule has 0 amide bonds. The summed E-state index contributed by atoms with van der Waals surface area (Å²) in [5.74, 6) is -1.34. The molecule has 1 aliphatic rings. The maximum absolute atomic E-state index is 11.2. The molecule has 1 aliphatic heterocycles. The van der Waals surface area contributed by atoms with Gasteiger partial charge in [-0.3, -0.25) is 4.79 Å². The monoisotopic (exact) mass is 196 g/mol. The predicted octanol–water partition coefficient (Wildman–Crippen LogP) is 2.21. The highest BCUT2D eigenvalue weighted by molar-refractivity contribution is 6.06. The fourth-order valence-corrected chi connectivity index (χ4v) is 1.58. The highest BCUT2D eigenvalue weighted by atomic mass is 16.6. The van der Waals surface area contributed by atoms with Crippen molar-refractivity contribution in [3.8, 4) is 0 Å². The number of rotatable bonds is 5. The zero-order valence-corrected chi connectivity index (χ0v) is 8.54. The summed E-state index contributed by atoms with van der Waals surface area (Å²) in [4.78, 5) is 22.1. The van der Waals surface area contributed by atoms with Crippen molar-refractivity contribution in [2.75, 3.05) is 0 Å². The molecule has 0 aliphatic carbocycles. The number of cyclic esters (lactones) is 2. The van der Waals surface area contributed by atoms with Crippen molar-refractivity contribution in [3.63, 3.8) is 0 Å². The van der Waals surface area contributed by atoms with E-state index < -0.39 is 11.9 Å². The van der Waals surface area contributed by atoms with Gasteiger partial charge in [0.25, 0.3) is 0 Å². The first-order chi connectivity index (χ1) is 6.66. The van der Waals surface area contributed by atoms with Gasteiger partial charge in [-0.15, -0.1) is 0 Å². The van der Waals surface area contributed by atoms with Crippen LogP contribution in [0.15, 0.2) is 12.2 Å². The molecule has 0 spiro atoms. The molecule has 1 fully saturated rings. The summed E-state index contributed by atoms with van der Waals surface area (Å²) in [6, 6.07) is 0. The van der Waals surface area contributed by atoms with Gasteiger partial charge in [0.2, 0.25) is 0 Å². The van der Waals surface area contributed by atoms with Crippen LogP contribution in [0.3, 0.4) is 0 Å². The highest BCUT2D eigenvalue weighted by Gasteiger charge is 2.36. The Hall–Kier alpha value is -1.12. The molecular weight excluding hydrogens is 180 g/mol. The van der Waals surface area contributed by atoms with Gasteiger partial charge in [0.15, 0.2) is 0 Å². The van der Waals surface area contributed by atoms with E-state index in [9.17, 15) is 9.59 Å². The number of hydrogen-bond donors (Lipinski definition) is 0. The lowest BCUT2D eigenvalue weighted by atomic mass is 9.96. The Labute approximate surface area is 84.1 Å². The fourth-order valence-electron chi connectivity index (χ4n) is 1.58. The number of esters is 2. The van der Waals surface area contributed by atoms with Crippen molar-refractivity contribution in [2.45, 2.75) is 39.0 Å². The van der Waals surface area contributed by atoms with Gasteiger partial charge in [0.1, 0.15) is 0 Å². The van der Waals surface area contributed by atoms with Gasteiger partial charge in [-0.25, -0.2) is 4.79 Å². The molecule has 3 nitrogen and oxygen atoms in total. The third-order valence-electron chi connectivity index (χ3n) is 2.51. The van der Waals surface area contributed by atoms with Gasteiger partial charge in [-0.2, -0.15) is 0 Å². The smallest absolute Gasteiger partial charge is 0.341 e. The van der Waals surface area contributed by atoms with Crippen LogP contribution in [0.2, 0.25) is 0 Å². The molecule has 78 valence electrons. The molecule has 0 aromatic heterocycles. The molecule has 1 rings (SSSR count). The van der Waals surface area contributed by atoms with Crippen LogP contribution in [0.25, 0.3) is 0 Å². The topological polar surface area (TPSA) is 43.4 Å². The maximum Gasteiger partial charge on any atom is 0.341 e. The molecule has 0 bridgehead atoms. The van der Waals surface area contributed by atoms with E-state index in [0.717, 1.165) is 19.3 Å². The molecule has 14 heavy (non-hydrogen) atoms. The molecule has 1 saturated heterocycles. The average Bonchev–Trinajstić information content (AvgIpc) is 2.38. The molecule has 0 saturated carbocycles. The second-order valence-electron chi connectivity index (χ2n) is 3.64. The molecular formula is C11H16O3. The molecule has 0 unspecified atom stereocenters. The summed E-state index contributed by atoms with van der Waals surface area (Å²) in [6.07, 6.45) is 5.09. The first-order valence-electron chi connectivity index (χ1n) is 5.11. The summed E-state index contributed by atoms with van der Waals surface area (Å²) in [7, 11) is 0. The Morgan fingerprint density at radius 3 is 2.50 bits per heavy atom.